The number of pyridine rings is 1. The quantitative estimate of drug-likeness (QED) is 0.750. The number of nitrogens with zero attached hydrogens (tertiary/aromatic N) is 5. The topological polar surface area (TPSA) is 95.7 Å². The van der Waals surface area contributed by atoms with E-state index in [1.54, 1.807) is 12.4 Å². The van der Waals surface area contributed by atoms with Gasteiger partial charge in [0, 0.05) is 12.2 Å². The molecule has 1 aliphatic rings. The fraction of sp³-hybridized carbons (Fsp3) is 0.333. The second kappa shape index (κ2) is 3.78. The maximum absolute atomic E-state index is 5.79. The van der Waals surface area contributed by atoms with E-state index in [2.05, 4.69) is 29.5 Å². The van der Waals surface area contributed by atoms with Gasteiger partial charge in [0.1, 0.15) is 5.52 Å². The molecule has 7 nitrogen and oxygen atoms in total. The van der Waals surface area contributed by atoms with Crippen LogP contribution in [0.15, 0.2) is 23.1 Å². The van der Waals surface area contributed by atoms with E-state index < -0.39 is 0 Å². The van der Waals surface area contributed by atoms with Crippen LogP contribution in [-0.2, 0) is 0 Å². The molecule has 1 fully saturated rings. The van der Waals surface area contributed by atoms with Crippen molar-refractivity contribution in [3.63, 3.8) is 0 Å². The zero-order valence-corrected chi connectivity index (χ0v) is 10.2. The average Bonchev–Trinajstić information content (AvgIpc) is 2.92. The number of fused-ring (bicyclic) bond motifs is 1. The predicted octanol–water partition coefficient (Wildman–Crippen LogP) is 1.79. The number of rotatable bonds is 2. The molecule has 1 saturated carbocycles. The Morgan fingerprint density at radius 1 is 1.32 bits per heavy atom. The molecule has 0 saturated heterocycles. The molecule has 0 radical (unpaired) electrons. The van der Waals surface area contributed by atoms with E-state index in [1.807, 2.05) is 6.07 Å². The van der Waals surface area contributed by atoms with Gasteiger partial charge in [0.2, 0.25) is 0 Å². The van der Waals surface area contributed by atoms with Crippen molar-refractivity contribution in [2.45, 2.75) is 25.3 Å². The summed E-state index contributed by atoms with van der Waals surface area (Å²) in [7, 11) is 0. The lowest BCUT2D eigenvalue weighted by atomic mass is 9.92. The van der Waals surface area contributed by atoms with Gasteiger partial charge < -0.3 is 10.3 Å². The van der Waals surface area contributed by atoms with Crippen molar-refractivity contribution in [3.8, 4) is 11.5 Å². The van der Waals surface area contributed by atoms with Crippen molar-refractivity contribution in [2.24, 2.45) is 0 Å². The van der Waals surface area contributed by atoms with E-state index in [9.17, 15) is 0 Å². The molecule has 7 heteroatoms. The third-order valence-electron chi connectivity index (χ3n) is 3.66. The van der Waals surface area contributed by atoms with Crippen molar-refractivity contribution in [2.75, 3.05) is 5.73 Å². The van der Waals surface area contributed by atoms with E-state index in [0.29, 0.717) is 17.6 Å². The Bertz CT molecular complexity index is 742. The molecule has 3 aromatic rings. The van der Waals surface area contributed by atoms with Crippen molar-refractivity contribution in [1.29, 1.82) is 0 Å². The SMILES string of the molecule is Nc1nonc1-c1nc2cnccc2n1C1CCC1. The lowest BCUT2D eigenvalue weighted by molar-refractivity contribution is 0.307. The van der Waals surface area contributed by atoms with Gasteiger partial charge in [-0.15, -0.1) is 0 Å². The lowest BCUT2D eigenvalue weighted by Crippen LogP contribution is -2.18. The Morgan fingerprint density at radius 2 is 2.21 bits per heavy atom. The van der Waals surface area contributed by atoms with Crippen LogP contribution in [0.25, 0.3) is 22.6 Å². The first-order valence-corrected chi connectivity index (χ1v) is 6.25. The first kappa shape index (κ1) is 10.5. The Kier molecular flexibility index (Phi) is 2.08. The molecular weight excluding hydrogens is 244 g/mol. The summed E-state index contributed by atoms with van der Waals surface area (Å²) < 4.78 is 6.87. The van der Waals surface area contributed by atoms with E-state index in [1.165, 1.54) is 6.42 Å². The molecule has 1 aliphatic carbocycles. The minimum atomic E-state index is 0.267. The molecule has 4 rings (SSSR count). The van der Waals surface area contributed by atoms with Gasteiger partial charge in [-0.1, -0.05) is 0 Å². The van der Waals surface area contributed by atoms with Gasteiger partial charge in [-0.2, -0.15) is 0 Å². The number of nitrogens with two attached hydrogens (primary N) is 1. The Morgan fingerprint density at radius 3 is 2.89 bits per heavy atom. The first-order chi connectivity index (χ1) is 9.34. The minimum absolute atomic E-state index is 0.267. The van der Waals surface area contributed by atoms with Crippen LogP contribution in [0.4, 0.5) is 5.82 Å². The summed E-state index contributed by atoms with van der Waals surface area (Å²) in [5.74, 6) is 0.982. The van der Waals surface area contributed by atoms with Crippen molar-refractivity contribution < 1.29 is 4.63 Å². The van der Waals surface area contributed by atoms with Gasteiger partial charge in [-0.25, -0.2) is 9.61 Å². The highest BCUT2D eigenvalue weighted by Crippen LogP contribution is 2.38. The Labute approximate surface area is 108 Å². The van der Waals surface area contributed by atoms with Crippen LogP contribution < -0.4 is 5.73 Å². The van der Waals surface area contributed by atoms with E-state index in [0.717, 1.165) is 23.9 Å². The van der Waals surface area contributed by atoms with Crippen molar-refractivity contribution >= 4 is 16.9 Å². The first-order valence-electron chi connectivity index (χ1n) is 6.25. The third kappa shape index (κ3) is 1.44. The van der Waals surface area contributed by atoms with Gasteiger partial charge in [-0.3, -0.25) is 4.98 Å². The number of hydrogen-bond acceptors (Lipinski definition) is 6. The molecule has 3 aromatic heterocycles. The van der Waals surface area contributed by atoms with Crippen LogP contribution >= 0.6 is 0 Å². The summed E-state index contributed by atoms with van der Waals surface area (Å²) in [6.45, 7) is 0. The van der Waals surface area contributed by atoms with Crippen LogP contribution in [0.1, 0.15) is 25.3 Å². The maximum Gasteiger partial charge on any atom is 0.199 e. The van der Waals surface area contributed by atoms with Crippen LogP contribution in [-0.4, -0.2) is 24.8 Å². The van der Waals surface area contributed by atoms with Crippen LogP contribution in [0.2, 0.25) is 0 Å². The Balaban J connectivity index is 2.01. The fourth-order valence-electron chi connectivity index (χ4n) is 2.48. The third-order valence-corrected chi connectivity index (χ3v) is 3.66. The van der Waals surface area contributed by atoms with Gasteiger partial charge in [0.05, 0.1) is 11.7 Å². The van der Waals surface area contributed by atoms with Gasteiger partial charge in [0.25, 0.3) is 0 Å². The molecule has 0 atom stereocenters. The van der Waals surface area contributed by atoms with E-state index in [4.69, 9.17) is 5.73 Å². The molecule has 0 aliphatic heterocycles. The summed E-state index contributed by atoms with van der Waals surface area (Å²) >= 11 is 0. The molecule has 0 unspecified atom stereocenters. The van der Waals surface area contributed by atoms with Crippen LogP contribution in [0, 0.1) is 0 Å². The summed E-state index contributed by atoms with van der Waals surface area (Å²) in [5.41, 5.74) is 8.18. The lowest BCUT2D eigenvalue weighted by Gasteiger charge is -2.28. The van der Waals surface area contributed by atoms with Gasteiger partial charge >= 0.3 is 0 Å². The summed E-state index contributed by atoms with van der Waals surface area (Å²) in [4.78, 5) is 8.68. The molecule has 0 aromatic carbocycles. The molecular formula is C12H12N6O. The molecule has 3 heterocycles. The summed E-state index contributed by atoms with van der Waals surface area (Å²) in [5, 5.41) is 7.50. The van der Waals surface area contributed by atoms with E-state index >= 15 is 0 Å². The highest BCUT2D eigenvalue weighted by Gasteiger charge is 2.27. The summed E-state index contributed by atoms with van der Waals surface area (Å²) in [6, 6.07) is 2.41. The molecule has 2 N–H and O–H groups in total. The zero-order chi connectivity index (χ0) is 12.8. The molecule has 96 valence electrons. The minimum Gasteiger partial charge on any atom is -0.379 e. The number of hydrogen-bond donors (Lipinski definition) is 1. The van der Waals surface area contributed by atoms with Crippen molar-refractivity contribution in [3.05, 3.63) is 18.5 Å². The molecule has 0 amide bonds. The normalized spacial score (nSPS) is 15.8. The maximum atomic E-state index is 5.79. The standard InChI is InChI=1S/C12H12N6O/c13-11-10(16-19-17-11)12-15-8-6-14-5-4-9(8)18(12)7-2-1-3-7/h4-7H,1-3H2,(H2,13,17). The number of nitrogen functional groups attached to an aromatic ring is 1. The monoisotopic (exact) mass is 256 g/mol. The predicted molar refractivity (Wildman–Crippen MR) is 68.1 cm³/mol. The fourth-order valence-corrected chi connectivity index (χ4v) is 2.48. The van der Waals surface area contributed by atoms with Crippen LogP contribution in [0.5, 0.6) is 0 Å². The summed E-state index contributed by atoms with van der Waals surface area (Å²) in [6.07, 6.45) is 7.05. The number of aromatic nitrogens is 5. The number of anilines is 1. The average molecular weight is 256 g/mol. The number of imidazole rings is 1. The smallest absolute Gasteiger partial charge is 0.199 e. The molecule has 0 bridgehead atoms. The van der Waals surface area contributed by atoms with Gasteiger partial charge in [-0.05, 0) is 35.6 Å². The van der Waals surface area contributed by atoms with Gasteiger partial charge in [0.15, 0.2) is 17.3 Å². The molecule has 0 spiro atoms. The van der Waals surface area contributed by atoms with E-state index in [-0.39, 0.29) is 5.82 Å². The van der Waals surface area contributed by atoms with Crippen molar-refractivity contribution in [1.82, 2.24) is 24.8 Å². The zero-order valence-electron chi connectivity index (χ0n) is 10.2. The second-order valence-corrected chi connectivity index (χ2v) is 4.75. The molecule has 19 heavy (non-hydrogen) atoms. The highest BCUT2D eigenvalue weighted by molar-refractivity contribution is 5.81. The second-order valence-electron chi connectivity index (χ2n) is 4.75. The van der Waals surface area contributed by atoms with Crippen LogP contribution in [0.3, 0.4) is 0 Å². The Hall–Kier alpha value is -2.44. The highest BCUT2D eigenvalue weighted by atomic mass is 16.6. The largest absolute Gasteiger partial charge is 0.379 e.